The molecule has 0 fully saturated rings. The molecule has 0 unspecified atom stereocenters. The van der Waals surface area contributed by atoms with Gasteiger partial charge in [-0.1, -0.05) is 42.5 Å². The molecule has 7 heteroatoms. The Morgan fingerprint density at radius 3 is 2.21 bits per heavy atom. The number of hydrogen-bond acceptors (Lipinski definition) is 5. The second-order valence-electron chi connectivity index (χ2n) is 9.64. The lowest BCUT2D eigenvalue weighted by molar-refractivity contribution is -0.139. The van der Waals surface area contributed by atoms with E-state index in [4.69, 9.17) is 21.5 Å². The highest BCUT2D eigenvalue weighted by Crippen LogP contribution is 2.24. The van der Waals surface area contributed by atoms with Crippen LogP contribution < -0.4 is 16.2 Å². The van der Waals surface area contributed by atoms with E-state index in [-0.39, 0.29) is 5.91 Å². The van der Waals surface area contributed by atoms with Crippen LogP contribution in [0.4, 0.5) is 0 Å². The van der Waals surface area contributed by atoms with Crippen molar-refractivity contribution < 1.29 is 14.3 Å². The molecular weight excluding hydrogens is 476 g/mol. The smallest absolute Gasteiger partial charge is 0.240 e. The van der Waals surface area contributed by atoms with E-state index in [1.807, 2.05) is 68.4 Å². The number of ether oxygens (including phenoxy) is 1. The Balaban J connectivity index is 1.65. The molecule has 4 N–H and O–H groups in total. The summed E-state index contributed by atoms with van der Waals surface area (Å²) in [4.78, 5) is 26.8. The molecule has 3 aromatic rings. The number of primary amides is 1. The number of carbonyl (C=O) groups excluding carboxylic acids is 2. The second-order valence-corrected chi connectivity index (χ2v) is 9.64. The SMILES string of the molecule is Cc1cc(OCc2ccc(C#N)cc2)cc(C)c1C[C@H](N)C(=O)N(CCCc1ccccc1)[C@H](C)C(N)=O. The number of nitrogens with zero attached hydrogens (tertiary/aromatic N) is 2. The fraction of sp³-hybridized carbons (Fsp3) is 0.323. The van der Waals surface area contributed by atoms with Crippen LogP contribution in [-0.2, 0) is 29.0 Å². The molecule has 0 saturated carbocycles. The van der Waals surface area contributed by atoms with Crippen molar-refractivity contribution in [2.75, 3.05) is 6.54 Å². The minimum absolute atomic E-state index is 0.288. The fourth-order valence-electron chi connectivity index (χ4n) is 4.47. The van der Waals surface area contributed by atoms with Gasteiger partial charge in [-0.2, -0.15) is 5.26 Å². The molecule has 0 radical (unpaired) electrons. The summed E-state index contributed by atoms with van der Waals surface area (Å²) in [6, 6.07) is 21.7. The van der Waals surface area contributed by atoms with Gasteiger partial charge in [-0.15, -0.1) is 0 Å². The van der Waals surface area contributed by atoms with Crippen LogP contribution in [0, 0.1) is 25.2 Å². The summed E-state index contributed by atoms with van der Waals surface area (Å²) in [5, 5.41) is 8.95. The average molecular weight is 513 g/mol. The van der Waals surface area contributed by atoms with Crippen LogP contribution in [-0.4, -0.2) is 35.3 Å². The molecule has 0 aromatic heterocycles. The normalized spacial score (nSPS) is 12.3. The van der Waals surface area contributed by atoms with E-state index in [0.717, 1.165) is 34.4 Å². The molecule has 0 spiro atoms. The molecule has 38 heavy (non-hydrogen) atoms. The van der Waals surface area contributed by atoms with E-state index >= 15 is 0 Å². The quantitative estimate of drug-likeness (QED) is 0.380. The molecule has 2 atom stereocenters. The summed E-state index contributed by atoms with van der Waals surface area (Å²) in [5.41, 5.74) is 17.6. The van der Waals surface area contributed by atoms with Crippen molar-refractivity contribution in [2.24, 2.45) is 11.5 Å². The maximum Gasteiger partial charge on any atom is 0.240 e. The van der Waals surface area contributed by atoms with Gasteiger partial charge in [0, 0.05) is 6.54 Å². The van der Waals surface area contributed by atoms with Crippen molar-refractivity contribution in [1.29, 1.82) is 5.26 Å². The lowest BCUT2D eigenvalue weighted by atomic mass is 9.95. The summed E-state index contributed by atoms with van der Waals surface area (Å²) in [6.07, 6.45) is 1.82. The highest BCUT2D eigenvalue weighted by Gasteiger charge is 2.28. The molecule has 7 nitrogen and oxygen atoms in total. The highest BCUT2D eigenvalue weighted by atomic mass is 16.5. The van der Waals surface area contributed by atoms with Crippen molar-refractivity contribution in [1.82, 2.24) is 4.90 Å². The molecule has 0 heterocycles. The zero-order chi connectivity index (χ0) is 27.7. The Hall–Kier alpha value is -4.15. The first-order valence-electron chi connectivity index (χ1n) is 12.8. The van der Waals surface area contributed by atoms with E-state index in [1.54, 1.807) is 19.1 Å². The predicted octanol–water partition coefficient (Wildman–Crippen LogP) is 3.96. The average Bonchev–Trinajstić information content (AvgIpc) is 2.92. The van der Waals surface area contributed by atoms with E-state index in [9.17, 15) is 9.59 Å². The van der Waals surface area contributed by atoms with Gasteiger partial charge in [-0.3, -0.25) is 9.59 Å². The van der Waals surface area contributed by atoms with Crippen molar-refractivity contribution >= 4 is 11.8 Å². The first-order valence-corrected chi connectivity index (χ1v) is 12.8. The lowest BCUT2D eigenvalue weighted by Crippen LogP contribution is -2.53. The Morgan fingerprint density at radius 2 is 1.63 bits per heavy atom. The minimum atomic E-state index is -0.809. The highest BCUT2D eigenvalue weighted by molar-refractivity contribution is 5.89. The molecule has 0 saturated heterocycles. The minimum Gasteiger partial charge on any atom is -0.489 e. The van der Waals surface area contributed by atoms with Gasteiger partial charge in [0.1, 0.15) is 18.4 Å². The molecular formula is C31H36N4O3. The van der Waals surface area contributed by atoms with Crippen LogP contribution in [0.2, 0.25) is 0 Å². The molecule has 0 aliphatic heterocycles. The summed E-state index contributed by atoms with van der Waals surface area (Å²) < 4.78 is 5.97. The Kier molecular flexibility index (Phi) is 10.0. The number of hydrogen-bond donors (Lipinski definition) is 2. The lowest BCUT2D eigenvalue weighted by Gasteiger charge is -2.30. The number of aryl methyl sites for hydroxylation is 3. The fourth-order valence-corrected chi connectivity index (χ4v) is 4.47. The molecule has 0 aliphatic rings. The molecule has 0 bridgehead atoms. The van der Waals surface area contributed by atoms with Gasteiger partial charge in [0.15, 0.2) is 0 Å². The number of benzene rings is 3. The van der Waals surface area contributed by atoms with Crippen LogP contribution in [0.5, 0.6) is 5.75 Å². The van der Waals surface area contributed by atoms with Crippen LogP contribution in [0.1, 0.15) is 46.7 Å². The van der Waals surface area contributed by atoms with Crippen molar-refractivity contribution in [3.8, 4) is 11.8 Å². The van der Waals surface area contributed by atoms with Gasteiger partial charge in [-0.05, 0) is 92.1 Å². The van der Waals surface area contributed by atoms with Crippen LogP contribution in [0.3, 0.4) is 0 Å². The van der Waals surface area contributed by atoms with Gasteiger partial charge in [0.05, 0.1) is 17.7 Å². The molecule has 0 aliphatic carbocycles. The van der Waals surface area contributed by atoms with Gasteiger partial charge in [-0.25, -0.2) is 0 Å². The Labute approximate surface area is 225 Å². The maximum atomic E-state index is 13.4. The monoisotopic (exact) mass is 512 g/mol. The largest absolute Gasteiger partial charge is 0.489 e. The van der Waals surface area contributed by atoms with Gasteiger partial charge < -0.3 is 21.1 Å². The number of rotatable bonds is 12. The topological polar surface area (TPSA) is 122 Å². The third-order valence-corrected chi connectivity index (χ3v) is 6.77. The predicted molar refractivity (Wildman–Crippen MR) is 148 cm³/mol. The third-order valence-electron chi connectivity index (χ3n) is 6.77. The summed E-state index contributed by atoms with van der Waals surface area (Å²) in [7, 11) is 0. The van der Waals surface area contributed by atoms with E-state index in [2.05, 4.69) is 6.07 Å². The van der Waals surface area contributed by atoms with Crippen LogP contribution >= 0.6 is 0 Å². The Morgan fingerprint density at radius 1 is 1.00 bits per heavy atom. The molecule has 3 rings (SSSR count). The standard InChI is InChI=1S/C31H36N4O3/c1-21-16-27(38-20-26-13-11-25(19-32)12-14-26)17-22(2)28(21)18-29(33)31(37)35(23(3)30(34)36)15-7-10-24-8-5-4-6-9-24/h4-6,8-9,11-14,16-17,23,29H,7,10,15,18,20,33H2,1-3H3,(H2,34,36)/t23-,29+/m1/s1. The third kappa shape index (κ3) is 7.67. The summed E-state index contributed by atoms with van der Waals surface area (Å²) in [6.45, 7) is 6.36. The first-order chi connectivity index (χ1) is 18.2. The van der Waals surface area contributed by atoms with Crippen LogP contribution in [0.25, 0.3) is 0 Å². The maximum absolute atomic E-state index is 13.4. The number of nitrogens with two attached hydrogens (primary N) is 2. The van der Waals surface area contributed by atoms with Gasteiger partial charge in [0.25, 0.3) is 0 Å². The van der Waals surface area contributed by atoms with Gasteiger partial charge >= 0.3 is 0 Å². The summed E-state index contributed by atoms with van der Waals surface area (Å²) in [5.74, 6) is -0.122. The zero-order valence-electron chi connectivity index (χ0n) is 22.3. The van der Waals surface area contributed by atoms with Crippen LogP contribution in [0.15, 0.2) is 66.7 Å². The molecule has 2 amide bonds. The number of nitriles is 1. The van der Waals surface area contributed by atoms with Crippen molar-refractivity contribution in [3.05, 3.63) is 100 Å². The van der Waals surface area contributed by atoms with Gasteiger partial charge in [0.2, 0.25) is 11.8 Å². The molecule has 3 aromatic carbocycles. The van der Waals surface area contributed by atoms with Crippen molar-refractivity contribution in [2.45, 2.75) is 58.7 Å². The van der Waals surface area contributed by atoms with E-state index < -0.39 is 18.0 Å². The number of amides is 2. The second kappa shape index (κ2) is 13.4. The zero-order valence-corrected chi connectivity index (χ0v) is 22.3. The summed E-state index contributed by atoms with van der Waals surface area (Å²) >= 11 is 0. The molecule has 198 valence electrons. The first kappa shape index (κ1) is 28.4. The van der Waals surface area contributed by atoms with E-state index in [0.29, 0.717) is 31.6 Å². The van der Waals surface area contributed by atoms with E-state index in [1.165, 1.54) is 10.5 Å². The van der Waals surface area contributed by atoms with Crippen molar-refractivity contribution in [3.63, 3.8) is 0 Å². The Bertz CT molecular complexity index is 1260. The number of carbonyl (C=O) groups is 2.